The van der Waals surface area contributed by atoms with Gasteiger partial charge in [0.2, 0.25) is 0 Å². The van der Waals surface area contributed by atoms with E-state index in [0.29, 0.717) is 0 Å². The van der Waals surface area contributed by atoms with Crippen molar-refractivity contribution in [1.29, 1.82) is 0 Å². The molecule has 0 aromatic rings. The Morgan fingerprint density at radius 1 is 0.283 bits per heavy atom. The van der Waals surface area contributed by atoms with Crippen molar-refractivity contribution < 1.29 is 95.7 Å². The van der Waals surface area contributed by atoms with Gasteiger partial charge in [-0.3, -0.25) is 18.3 Å². The first-order valence-corrected chi connectivity index (χ1v) is 24.7. The largest absolute Gasteiger partial charge is 4.00 e. The Hall–Kier alpha value is 1.15. The van der Waals surface area contributed by atoms with Crippen LogP contribution in [0.5, 0.6) is 0 Å². The normalized spacial score (nSPS) is 11.7. The van der Waals surface area contributed by atoms with E-state index in [4.69, 9.17) is 0 Å². The van der Waals surface area contributed by atoms with E-state index in [2.05, 4.69) is 36.2 Å². The van der Waals surface area contributed by atoms with Crippen molar-refractivity contribution >= 4 is 31.3 Å². The Kier molecular flexibility index (Phi) is 52.9. The van der Waals surface area contributed by atoms with Crippen LogP contribution in [-0.4, -0.2) is 52.9 Å². The third-order valence-electron chi connectivity index (χ3n) is 5.98. The summed E-state index contributed by atoms with van der Waals surface area (Å²) < 4.78 is 80.6. The fourth-order valence-electron chi connectivity index (χ4n) is 2.71. The van der Waals surface area contributed by atoms with Crippen LogP contribution in [-0.2, 0) is 76.2 Å². The van der Waals surface area contributed by atoms with Crippen molar-refractivity contribution in [3.05, 3.63) is 0 Å². The quantitative estimate of drug-likeness (QED) is 0.0350. The summed E-state index contributed by atoms with van der Waals surface area (Å²) in [6.45, 7) is 17.6. The number of phosphoric ester groups is 4. The minimum Gasteiger partial charge on any atom is -0.756 e. The first-order valence-electron chi connectivity index (χ1n) is 18.9. The molecule has 0 spiro atoms. The summed E-state index contributed by atoms with van der Waals surface area (Å²) in [7, 11) is -16.0. The maximum absolute atomic E-state index is 11.0. The second kappa shape index (κ2) is 44.3. The molecule has 0 rings (SSSR count). The Morgan fingerprint density at radius 3 is 0.453 bits per heavy atom. The zero-order chi connectivity index (χ0) is 40.6. The summed E-state index contributed by atoms with van der Waals surface area (Å²) in [4.78, 5) is 43.9. The Bertz CT molecular complexity index is 736. The molecule has 0 aliphatic heterocycles. The fraction of sp³-hybridized carbons (Fsp3) is 1.00. The van der Waals surface area contributed by atoms with Gasteiger partial charge in [0.05, 0.1) is 52.9 Å². The molecule has 0 radical (unpaired) electrons. The van der Waals surface area contributed by atoms with Gasteiger partial charge in [-0.2, -0.15) is 0 Å². The molecule has 0 aromatic carbocycles. The molecule has 0 aromatic heterocycles. The van der Waals surface area contributed by atoms with E-state index in [9.17, 15) is 37.8 Å². The van der Waals surface area contributed by atoms with Crippen LogP contribution >= 0.6 is 31.3 Å². The van der Waals surface area contributed by atoms with Crippen molar-refractivity contribution in [2.75, 3.05) is 52.9 Å². The maximum Gasteiger partial charge on any atom is 4.00 e. The number of hydrogen-bond acceptors (Lipinski definition) is 16. The van der Waals surface area contributed by atoms with E-state index in [1.807, 2.05) is 55.4 Å². The molecule has 0 heterocycles. The Morgan fingerprint density at radius 2 is 0.377 bits per heavy atom. The van der Waals surface area contributed by atoms with Crippen LogP contribution in [0.15, 0.2) is 0 Å². The third kappa shape index (κ3) is 57.6. The van der Waals surface area contributed by atoms with Gasteiger partial charge in [0.1, 0.15) is 0 Å². The van der Waals surface area contributed by atoms with Crippen LogP contribution in [0.4, 0.5) is 0 Å². The van der Waals surface area contributed by atoms with Gasteiger partial charge in [-0.1, -0.05) is 107 Å². The van der Waals surface area contributed by atoms with Crippen molar-refractivity contribution in [2.45, 2.75) is 158 Å². The standard InChI is InChI=1S/4C8H19O4P.Ti/c4*1-3-5-7-11-13(9,10)12-8-6-4-2;/h4*3-8H2,1-2H3,(H,9,10);/q;;;;+4/p-4. The zero-order valence-corrected chi connectivity index (χ0v) is 38.9. The second-order valence-electron chi connectivity index (χ2n) is 11.3. The summed E-state index contributed by atoms with van der Waals surface area (Å²) in [5.41, 5.74) is 0. The molecule has 0 saturated carbocycles. The van der Waals surface area contributed by atoms with Crippen molar-refractivity contribution in [2.24, 2.45) is 0 Å². The van der Waals surface area contributed by atoms with Crippen LogP contribution in [0.1, 0.15) is 158 Å². The van der Waals surface area contributed by atoms with Gasteiger partial charge in [-0.05, 0) is 51.4 Å². The fourth-order valence-corrected chi connectivity index (χ4v) is 5.83. The first-order chi connectivity index (χ1) is 24.5. The van der Waals surface area contributed by atoms with Gasteiger partial charge >= 0.3 is 21.7 Å². The van der Waals surface area contributed by atoms with Gasteiger partial charge in [-0.15, -0.1) is 0 Å². The van der Waals surface area contributed by atoms with Gasteiger partial charge in [0, 0.05) is 0 Å². The minimum absolute atomic E-state index is 0. The molecule has 0 unspecified atom stereocenters. The number of unbranched alkanes of at least 4 members (excludes halogenated alkanes) is 8. The van der Waals surface area contributed by atoms with E-state index in [1.165, 1.54) is 0 Å². The van der Waals surface area contributed by atoms with Crippen LogP contribution in [0, 0.1) is 0 Å². The molecule has 16 nitrogen and oxygen atoms in total. The average Bonchev–Trinajstić information content (AvgIpc) is 3.06. The molecule has 21 heteroatoms. The van der Waals surface area contributed by atoms with Gasteiger partial charge in [0.15, 0.2) is 0 Å². The van der Waals surface area contributed by atoms with E-state index >= 15 is 0 Å². The average molecular weight is 885 g/mol. The Balaban J connectivity index is -0.000000192. The smallest absolute Gasteiger partial charge is 0.756 e. The topological polar surface area (TPSA) is 234 Å². The minimum atomic E-state index is -4.00. The number of rotatable bonds is 32. The van der Waals surface area contributed by atoms with E-state index < -0.39 is 31.3 Å². The molecular weight excluding hydrogens is 812 g/mol. The zero-order valence-electron chi connectivity index (χ0n) is 33.8. The van der Waals surface area contributed by atoms with Crippen LogP contribution in [0.25, 0.3) is 0 Å². The summed E-state index contributed by atoms with van der Waals surface area (Å²) in [6, 6.07) is 0. The summed E-state index contributed by atoms with van der Waals surface area (Å²) in [5.74, 6) is 0. The van der Waals surface area contributed by atoms with Gasteiger partial charge in [0.25, 0.3) is 31.3 Å². The maximum atomic E-state index is 11.0. The molecule has 320 valence electrons. The number of hydrogen-bond donors (Lipinski definition) is 0. The second-order valence-corrected chi connectivity index (χ2v) is 16.9. The van der Waals surface area contributed by atoms with Crippen molar-refractivity contribution in [1.82, 2.24) is 0 Å². The molecule has 0 amide bonds. The molecule has 53 heavy (non-hydrogen) atoms. The predicted octanol–water partition coefficient (Wildman–Crippen LogP) is 8.35. The SMILES string of the molecule is CCCCOP(=O)([O-])OCCCC.CCCCOP(=O)([O-])OCCCC.CCCCOP(=O)([O-])OCCCC.CCCCOP(=O)([O-])OCCCC.[Ti+4]. The molecule has 0 bridgehead atoms. The molecule has 0 fully saturated rings. The molecule has 0 aliphatic rings. The Labute approximate surface area is 336 Å². The predicted molar refractivity (Wildman–Crippen MR) is 197 cm³/mol. The summed E-state index contributed by atoms with van der Waals surface area (Å²) in [5, 5.41) is 0. The van der Waals surface area contributed by atoms with Crippen molar-refractivity contribution in [3.63, 3.8) is 0 Å². The molecule has 0 N–H and O–H groups in total. The van der Waals surface area contributed by atoms with E-state index in [0.717, 1.165) is 103 Å². The van der Waals surface area contributed by atoms with Crippen molar-refractivity contribution in [3.8, 4) is 0 Å². The van der Waals surface area contributed by atoms with Crippen LogP contribution in [0.2, 0.25) is 0 Å². The molecule has 0 aliphatic carbocycles. The third-order valence-corrected chi connectivity index (χ3v) is 9.97. The summed E-state index contributed by atoms with van der Waals surface area (Å²) in [6.07, 6.45) is 13.2. The summed E-state index contributed by atoms with van der Waals surface area (Å²) >= 11 is 0. The molecule has 0 atom stereocenters. The number of phosphoric acid groups is 4. The molecule has 0 saturated heterocycles. The van der Waals surface area contributed by atoms with Crippen LogP contribution < -0.4 is 19.6 Å². The first kappa shape index (κ1) is 63.3. The molecular formula is C32H72O16P4Ti. The van der Waals surface area contributed by atoms with Crippen LogP contribution in [0.3, 0.4) is 0 Å². The van der Waals surface area contributed by atoms with Gasteiger partial charge in [-0.25, -0.2) is 0 Å². The monoisotopic (exact) mass is 884 g/mol. The van der Waals surface area contributed by atoms with E-state index in [1.54, 1.807) is 0 Å². The van der Waals surface area contributed by atoms with E-state index in [-0.39, 0.29) is 74.6 Å². The van der Waals surface area contributed by atoms with Gasteiger partial charge < -0.3 is 55.8 Å².